The zero-order chi connectivity index (χ0) is 20.5. The van der Waals surface area contributed by atoms with Crippen molar-refractivity contribution in [2.24, 2.45) is 0 Å². The number of ether oxygens (including phenoxy) is 1. The maximum Gasteiger partial charge on any atom is 0.271 e. The molecule has 0 atom stereocenters. The molecule has 0 aliphatic carbocycles. The molecule has 1 aromatic carbocycles. The summed E-state index contributed by atoms with van der Waals surface area (Å²) in [6.07, 6.45) is 7.01. The Bertz CT molecular complexity index is 1180. The van der Waals surface area contributed by atoms with Gasteiger partial charge in [0.05, 0.1) is 19.0 Å². The van der Waals surface area contributed by atoms with E-state index in [9.17, 15) is 4.79 Å². The van der Waals surface area contributed by atoms with Crippen molar-refractivity contribution in [3.8, 4) is 17.0 Å². The molecule has 1 aliphatic heterocycles. The average Bonchev–Trinajstić information content (AvgIpc) is 3.40. The largest absolute Gasteiger partial charge is 0.496 e. The number of benzene rings is 1. The van der Waals surface area contributed by atoms with E-state index in [1.165, 1.54) is 11.3 Å². The minimum absolute atomic E-state index is 0.0176. The first-order valence-electron chi connectivity index (χ1n) is 9.65. The SMILES string of the molecule is COc1ccccc1-c1cn2c(C(=O)N3CCN(c4cnccn4)CC3)csc2n1. The molecule has 9 heteroatoms. The van der Waals surface area contributed by atoms with Crippen LogP contribution in [0.2, 0.25) is 0 Å². The van der Waals surface area contributed by atoms with Gasteiger partial charge in [-0.3, -0.25) is 14.2 Å². The summed E-state index contributed by atoms with van der Waals surface area (Å²) in [7, 11) is 1.65. The number of aromatic nitrogens is 4. The number of rotatable bonds is 4. The molecule has 4 aromatic rings. The van der Waals surface area contributed by atoms with E-state index >= 15 is 0 Å². The average molecular weight is 420 g/mol. The van der Waals surface area contributed by atoms with Crippen LogP contribution in [0.25, 0.3) is 16.2 Å². The van der Waals surface area contributed by atoms with E-state index in [2.05, 4.69) is 14.9 Å². The van der Waals surface area contributed by atoms with Gasteiger partial charge >= 0.3 is 0 Å². The van der Waals surface area contributed by atoms with Gasteiger partial charge in [0.25, 0.3) is 5.91 Å². The lowest BCUT2D eigenvalue weighted by molar-refractivity contribution is 0.0740. The Kier molecular flexibility index (Phi) is 4.80. The van der Waals surface area contributed by atoms with Crippen molar-refractivity contribution < 1.29 is 9.53 Å². The third-order valence-electron chi connectivity index (χ3n) is 5.25. The van der Waals surface area contributed by atoms with Gasteiger partial charge < -0.3 is 14.5 Å². The number of thiazole rings is 1. The van der Waals surface area contributed by atoms with Crippen LogP contribution in [0.1, 0.15) is 10.5 Å². The van der Waals surface area contributed by atoms with Gasteiger partial charge in [0.1, 0.15) is 17.3 Å². The van der Waals surface area contributed by atoms with Crippen LogP contribution in [0, 0.1) is 0 Å². The molecule has 4 heterocycles. The Morgan fingerprint density at radius 1 is 1.13 bits per heavy atom. The van der Waals surface area contributed by atoms with Crippen molar-refractivity contribution in [3.05, 3.63) is 60.1 Å². The standard InChI is InChI=1S/C21H20N6O2S/c1-29-18-5-3-2-4-15(18)16-13-27-17(14-30-21(27)24-16)20(28)26-10-8-25(9-11-26)19-12-22-6-7-23-19/h2-7,12-14H,8-11H2,1H3. The lowest BCUT2D eigenvalue weighted by atomic mass is 10.1. The number of para-hydroxylation sites is 1. The highest BCUT2D eigenvalue weighted by Gasteiger charge is 2.25. The second-order valence-corrected chi connectivity index (χ2v) is 7.78. The fourth-order valence-electron chi connectivity index (χ4n) is 3.68. The molecule has 0 bridgehead atoms. The van der Waals surface area contributed by atoms with Gasteiger partial charge in [0, 0.05) is 55.7 Å². The summed E-state index contributed by atoms with van der Waals surface area (Å²) in [4.78, 5) is 31.2. The number of anilines is 1. The van der Waals surface area contributed by atoms with E-state index in [4.69, 9.17) is 9.72 Å². The Labute approximate surface area is 177 Å². The molecule has 1 aliphatic rings. The van der Waals surface area contributed by atoms with Gasteiger partial charge in [0.15, 0.2) is 4.96 Å². The summed E-state index contributed by atoms with van der Waals surface area (Å²) in [5, 5.41) is 1.88. The molecule has 30 heavy (non-hydrogen) atoms. The summed E-state index contributed by atoms with van der Waals surface area (Å²) in [5.74, 6) is 1.62. The molecule has 0 saturated carbocycles. The minimum atomic E-state index is 0.0176. The second-order valence-electron chi connectivity index (χ2n) is 6.94. The number of piperazine rings is 1. The molecule has 3 aromatic heterocycles. The number of hydrogen-bond acceptors (Lipinski definition) is 7. The second kappa shape index (κ2) is 7.75. The Morgan fingerprint density at radius 2 is 1.97 bits per heavy atom. The van der Waals surface area contributed by atoms with Crippen LogP contribution in [0.3, 0.4) is 0 Å². The van der Waals surface area contributed by atoms with Gasteiger partial charge in [-0.15, -0.1) is 11.3 Å². The molecular weight excluding hydrogens is 400 g/mol. The molecule has 5 rings (SSSR count). The highest BCUT2D eigenvalue weighted by atomic mass is 32.1. The van der Waals surface area contributed by atoms with E-state index in [1.54, 1.807) is 25.7 Å². The summed E-state index contributed by atoms with van der Waals surface area (Å²) in [5.41, 5.74) is 2.34. The summed E-state index contributed by atoms with van der Waals surface area (Å²) < 4.78 is 7.34. The van der Waals surface area contributed by atoms with E-state index < -0.39 is 0 Å². The summed E-state index contributed by atoms with van der Waals surface area (Å²) >= 11 is 1.47. The number of fused-ring (bicyclic) bond motifs is 1. The molecule has 1 fully saturated rings. The Hall–Kier alpha value is -3.46. The molecule has 0 unspecified atom stereocenters. The highest BCUT2D eigenvalue weighted by Crippen LogP contribution is 2.31. The quantitative estimate of drug-likeness (QED) is 0.505. The van der Waals surface area contributed by atoms with E-state index in [1.807, 2.05) is 45.1 Å². The number of carbonyl (C=O) groups is 1. The number of imidazole rings is 1. The molecule has 1 amide bonds. The third-order valence-corrected chi connectivity index (χ3v) is 6.09. The topological polar surface area (TPSA) is 75.9 Å². The van der Waals surface area contributed by atoms with Crippen molar-refractivity contribution in [1.82, 2.24) is 24.3 Å². The summed E-state index contributed by atoms with van der Waals surface area (Å²) in [6.45, 7) is 2.74. The number of amides is 1. The van der Waals surface area contributed by atoms with E-state index in [0.29, 0.717) is 18.8 Å². The van der Waals surface area contributed by atoms with Gasteiger partial charge in [-0.2, -0.15) is 0 Å². The van der Waals surface area contributed by atoms with Crippen molar-refractivity contribution >= 4 is 28.0 Å². The highest BCUT2D eigenvalue weighted by molar-refractivity contribution is 7.15. The molecule has 8 nitrogen and oxygen atoms in total. The lowest BCUT2D eigenvalue weighted by Gasteiger charge is -2.35. The van der Waals surface area contributed by atoms with Crippen molar-refractivity contribution in [2.45, 2.75) is 0 Å². The predicted octanol–water partition coefficient (Wildman–Crippen LogP) is 2.82. The van der Waals surface area contributed by atoms with E-state index in [-0.39, 0.29) is 5.91 Å². The minimum Gasteiger partial charge on any atom is -0.496 e. The summed E-state index contributed by atoms with van der Waals surface area (Å²) in [6, 6.07) is 7.76. The van der Waals surface area contributed by atoms with Gasteiger partial charge in [-0.1, -0.05) is 12.1 Å². The first-order valence-corrected chi connectivity index (χ1v) is 10.5. The fraction of sp³-hybridized carbons (Fsp3) is 0.238. The zero-order valence-electron chi connectivity index (χ0n) is 16.4. The van der Waals surface area contributed by atoms with Crippen molar-refractivity contribution in [3.63, 3.8) is 0 Å². The fourth-order valence-corrected chi connectivity index (χ4v) is 4.53. The lowest BCUT2D eigenvalue weighted by Crippen LogP contribution is -2.49. The van der Waals surface area contributed by atoms with Crippen LogP contribution in [-0.2, 0) is 0 Å². The van der Waals surface area contributed by atoms with Crippen molar-refractivity contribution in [2.75, 3.05) is 38.2 Å². The molecule has 0 N–H and O–H groups in total. The first kappa shape index (κ1) is 18.6. The first-order chi connectivity index (χ1) is 14.7. The van der Waals surface area contributed by atoms with Crippen LogP contribution in [0.5, 0.6) is 5.75 Å². The molecular formula is C21H20N6O2S. The third kappa shape index (κ3) is 3.26. The van der Waals surface area contributed by atoms with Crippen LogP contribution in [-0.4, -0.2) is 63.4 Å². The van der Waals surface area contributed by atoms with Gasteiger partial charge in [-0.05, 0) is 12.1 Å². The number of hydrogen-bond donors (Lipinski definition) is 0. The number of carbonyl (C=O) groups excluding carboxylic acids is 1. The molecule has 1 saturated heterocycles. The number of methoxy groups -OCH3 is 1. The van der Waals surface area contributed by atoms with Crippen LogP contribution in [0.15, 0.2) is 54.4 Å². The predicted molar refractivity (Wildman–Crippen MR) is 115 cm³/mol. The molecule has 0 radical (unpaired) electrons. The van der Waals surface area contributed by atoms with Gasteiger partial charge in [-0.25, -0.2) is 9.97 Å². The van der Waals surface area contributed by atoms with E-state index in [0.717, 1.165) is 40.9 Å². The smallest absolute Gasteiger partial charge is 0.271 e. The van der Waals surface area contributed by atoms with Crippen LogP contribution >= 0.6 is 11.3 Å². The normalized spacial score (nSPS) is 14.3. The van der Waals surface area contributed by atoms with Crippen LogP contribution < -0.4 is 9.64 Å². The number of nitrogens with zero attached hydrogens (tertiary/aromatic N) is 6. The molecule has 152 valence electrons. The maximum atomic E-state index is 13.2. The maximum absolute atomic E-state index is 13.2. The van der Waals surface area contributed by atoms with Gasteiger partial charge in [0.2, 0.25) is 0 Å². The Morgan fingerprint density at radius 3 is 2.73 bits per heavy atom. The van der Waals surface area contributed by atoms with Crippen LogP contribution in [0.4, 0.5) is 5.82 Å². The Balaban J connectivity index is 1.36. The molecule has 0 spiro atoms. The monoisotopic (exact) mass is 420 g/mol. The zero-order valence-corrected chi connectivity index (χ0v) is 17.2. The van der Waals surface area contributed by atoms with Crippen molar-refractivity contribution in [1.29, 1.82) is 0 Å².